The Morgan fingerprint density at radius 2 is 1.59 bits per heavy atom. The molecule has 2 aliphatic rings. The minimum absolute atomic E-state index is 0.255. The molecule has 3 atom stereocenters. The van der Waals surface area contributed by atoms with Crippen LogP contribution in [0.1, 0.15) is 24.9 Å². The van der Waals surface area contributed by atoms with Crippen LogP contribution < -0.4 is 14.7 Å². The Hall–Kier alpha value is -3.29. The van der Waals surface area contributed by atoms with Gasteiger partial charge in [-0.25, -0.2) is 9.96 Å². The summed E-state index contributed by atoms with van der Waals surface area (Å²) in [6, 6.07) is 24.3. The number of benzene rings is 3. The fourth-order valence-electron chi connectivity index (χ4n) is 4.52. The topological polar surface area (TPSA) is 59.1 Å². The Kier molecular flexibility index (Phi) is 6.30. The van der Waals surface area contributed by atoms with Crippen molar-refractivity contribution >= 4 is 35.0 Å². The van der Waals surface area contributed by atoms with E-state index in [4.69, 9.17) is 9.57 Å². The average Bonchev–Trinajstić information content (AvgIpc) is 3.39. The lowest BCUT2D eigenvalue weighted by molar-refractivity contribution is -0.126. The number of imide groups is 1. The lowest BCUT2D eigenvalue weighted by atomic mass is 9.90. The summed E-state index contributed by atoms with van der Waals surface area (Å²) < 4.78 is 5.64. The number of rotatable bonds is 7. The van der Waals surface area contributed by atoms with Gasteiger partial charge in [-0.05, 0) is 66.8 Å². The summed E-state index contributed by atoms with van der Waals surface area (Å²) >= 11 is 1.66. The van der Waals surface area contributed by atoms with Gasteiger partial charge in [0.25, 0.3) is 5.91 Å². The van der Waals surface area contributed by atoms with Crippen molar-refractivity contribution in [3.05, 3.63) is 84.4 Å². The summed E-state index contributed by atoms with van der Waals surface area (Å²) in [6.07, 6.45) is 2.05. The van der Waals surface area contributed by atoms with Crippen LogP contribution in [0.25, 0.3) is 0 Å². The number of hydroxylamine groups is 1. The molecule has 34 heavy (non-hydrogen) atoms. The Balaban J connectivity index is 1.49. The van der Waals surface area contributed by atoms with Gasteiger partial charge < -0.3 is 4.74 Å². The molecule has 0 saturated carbocycles. The molecule has 2 fully saturated rings. The number of hydrogen-bond acceptors (Lipinski definition) is 6. The largest absolute Gasteiger partial charge is 0.494 e. The van der Waals surface area contributed by atoms with Gasteiger partial charge in [0.15, 0.2) is 6.10 Å². The minimum Gasteiger partial charge on any atom is -0.494 e. The molecule has 2 saturated heterocycles. The van der Waals surface area contributed by atoms with Gasteiger partial charge in [0.1, 0.15) is 11.7 Å². The molecule has 0 bridgehead atoms. The van der Waals surface area contributed by atoms with Crippen LogP contribution in [0.5, 0.6) is 5.75 Å². The summed E-state index contributed by atoms with van der Waals surface area (Å²) in [5.41, 5.74) is 2.26. The maximum absolute atomic E-state index is 13.7. The van der Waals surface area contributed by atoms with Gasteiger partial charge in [0.05, 0.1) is 24.0 Å². The van der Waals surface area contributed by atoms with Crippen LogP contribution in [0.3, 0.4) is 0 Å². The Morgan fingerprint density at radius 3 is 2.24 bits per heavy atom. The number of fused-ring (bicyclic) bond motifs is 1. The van der Waals surface area contributed by atoms with Gasteiger partial charge in [0.2, 0.25) is 5.91 Å². The number of thioether (sulfide) groups is 1. The number of hydrogen-bond donors (Lipinski definition) is 0. The fraction of sp³-hybridized carbons (Fsp3) is 0.259. The summed E-state index contributed by atoms with van der Waals surface area (Å²) in [5, 5.41) is 1.72. The third kappa shape index (κ3) is 3.95. The van der Waals surface area contributed by atoms with E-state index in [1.165, 1.54) is 4.90 Å². The fourth-order valence-corrected chi connectivity index (χ4v) is 4.93. The zero-order chi connectivity index (χ0) is 23.7. The lowest BCUT2D eigenvalue weighted by Crippen LogP contribution is -2.37. The predicted molar refractivity (Wildman–Crippen MR) is 133 cm³/mol. The summed E-state index contributed by atoms with van der Waals surface area (Å²) in [5.74, 6) is -0.539. The molecule has 0 aromatic heterocycles. The number of carbonyl (C=O) groups is 2. The summed E-state index contributed by atoms with van der Waals surface area (Å²) in [6.45, 7) is 2.66. The molecule has 0 spiro atoms. The Labute approximate surface area is 203 Å². The average molecular weight is 475 g/mol. The van der Waals surface area contributed by atoms with Crippen LogP contribution in [0.15, 0.2) is 83.8 Å². The van der Waals surface area contributed by atoms with Gasteiger partial charge in [-0.2, -0.15) is 0 Å². The van der Waals surface area contributed by atoms with Crippen molar-refractivity contribution in [3.8, 4) is 5.75 Å². The quantitative estimate of drug-likeness (QED) is 0.344. The van der Waals surface area contributed by atoms with Crippen LogP contribution in [0.2, 0.25) is 0 Å². The van der Waals surface area contributed by atoms with E-state index in [9.17, 15) is 9.59 Å². The van der Waals surface area contributed by atoms with Crippen molar-refractivity contribution in [2.24, 2.45) is 5.92 Å². The molecule has 2 amide bonds. The van der Waals surface area contributed by atoms with E-state index in [1.807, 2.05) is 67.8 Å². The monoisotopic (exact) mass is 474 g/mol. The molecule has 2 aliphatic heterocycles. The van der Waals surface area contributed by atoms with E-state index < -0.39 is 18.1 Å². The third-order valence-corrected chi connectivity index (χ3v) is 6.89. The van der Waals surface area contributed by atoms with Crippen molar-refractivity contribution in [3.63, 3.8) is 0 Å². The van der Waals surface area contributed by atoms with Crippen LogP contribution in [-0.2, 0) is 14.4 Å². The van der Waals surface area contributed by atoms with E-state index in [0.717, 1.165) is 22.6 Å². The lowest BCUT2D eigenvalue weighted by Gasteiger charge is -2.28. The number of ether oxygens (including phenoxy) is 1. The molecule has 0 radical (unpaired) electrons. The number of carbonyl (C=O) groups excluding carboxylic acids is 2. The molecule has 174 valence electrons. The van der Waals surface area contributed by atoms with Gasteiger partial charge in [-0.3, -0.25) is 14.4 Å². The molecule has 0 aliphatic carbocycles. The molecule has 3 aromatic rings. The summed E-state index contributed by atoms with van der Waals surface area (Å²) in [7, 11) is 0. The molecular formula is C27H26N2O4S. The van der Waals surface area contributed by atoms with Crippen LogP contribution >= 0.6 is 11.8 Å². The predicted octanol–water partition coefficient (Wildman–Crippen LogP) is 5.25. The van der Waals surface area contributed by atoms with Crippen molar-refractivity contribution in [2.45, 2.75) is 30.4 Å². The maximum atomic E-state index is 13.7. The normalized spacial score (nSPS) is 21.8. The first-order chi connectivity index (χ1) is 16.6. The molecule has 5 rings (SSSR count). The SMILES string of the molecule is CCCOc1ccc(N2C(=O)C3ON(c4ccccc4)C(c4ccc(SC)cc4)C3C2=O)cc1. The Bertz CT molecular complexity index is 1170. The molecule has 6 nitrogen and oxygen atoms in total. The standard InChI is InChI=1S/C27H26N2O4S/c1-3-17-32-21-13-11-19(12-14-21)28-26(30)23-24(18-9-15-22(34-2)16-10-18)29(33-25(23)27(28)31)20-7-5-4-6-8-20/h4-16,23-25H,3,17H2,1-2H3. The second-order valence-electron chi connectivity index (χ2n) is 8.29. The molecule has 2 heterocycles. The zero-order valence-electron chi connectivity index (χ0n) is 19.1. The van der Waals surface area contributed by atoms with Crippen LogP contribution in [-0.4, -0.2) is 30.8 Å². The van der Waals surface area contributed by atoms with Gasteiger partial charge in [-0.15, -0.1) is 11.8 Å². The van der Waals surface area contributed by atoms with E-state index in [2.05, 4.69) is 0 Å². The van der Waals surface area contributed by atoms with Crippen molar-refractivity contribution in [2.75, 3.05) is 22.8 Å². The first-order valence-corrected chi connectivity index (χ1v) is 12.6. The molecule has 0 N–H and O–H groups in total. The highest BCUT2D eigenvalue weighted by molar-refractivity contribution is 7.98. The number of anilines is 2. The van der Waals surface area contributed by atoms with E-state index >= 15 is 0 Å². The first kappa shape index (κ1) is 22.5. The second-order valence-corrected chi connectivity index (χ2v) is 9.17. The van der Waals surface area contributed by atoms with Crippen molar-refractivity contribution < 1.29 is 19.2 Å². The highest BCUT2D eigenvalue weighted by Gasteiger charge is 2.60. The van der Waals surface area contributed by atoms with Crippen molar-refractivity contribution in [1.29, 1.82) is 0 Å². The van der Waals surface area contributed by atoms with Crippen LogP contribution in [0.4, 0.5) is 11.4 Å². The van der Waals surface area contributed by atoms with Gasteiger partial charge >= 0.3 is 0 Å². The number of para-hydroxylation sites is 1. The maximum Gasteiger partial charge on any atom is 0.266 e. The van der Waals surface area contributed by atoms with E-state index in [-0.39, 0.29) is 11.8 Å². The first-order valence-electron chi connectivity index (χ1n) is 11.4. The number of amides is 2. The van der Waals surface area contributed by atoms with Crippen LogP contribution in [0, 0.1) is 5.92 Å². The minimum atomic E-state index is -0.881. The third-order valence-electron chi connectivity index (χ3n) is 6.15. The smallest absolute Gasteiger partial charge is 0.266 e. The van der Waals surface area contributed by atoms with E-state index in [1.54, 1.807) is 41.1 Å². The van der Waals surface area contributed by atoms with Gasteiger partial charge in [-0.1, -0.05) is 37.3 Å². The zero-order valence-corrected chi connectivity index (χ0v) is 19.9. The molecule has 3 unspecified atom stereocenters. The second kappa shape index (κ2) is 9.52. The molecule has 7 heteroatoms. The van der Waals surface area contributed by atoms with E-state index in [0.29, 0.717) is 18.0 Å². The highest BCUT2D eigenvalue weighted by atomic mass is 32.2. The Morgan fingerprint density at radius 1 is 0.882 bits per heavy atom. The molecular weight excluding hydrogens is 448 g/mol. The summed E-state index contributed by atoms with van der Waals surface area (Å²) in [4.78, 5) is 35.7. The molecule has 3 aromatic carbocycles. The van der Waals surface area contributed by atoms with Gasteiger partial charge in [0, 0.05) is 4.90 Å². The van der Waals surface area contributed by atoms with Crippen molar-refractivity contribution in [1.82, 2.24) is 0 Å². The highest BCUT2D eigenvalue weighted by Crippen LogP contribution is 2.47. The number of nitrogens with zero attached hydrogens (tertiary/aromatic N) is 2.